The molecule has 2 rings (SSSR count). The smallest absolute Gasteiger partial charge is 0.137 e. The summed E-state index contributed by atoms with van der Waals surface area (Å²) in [6.45, 7) is 2.09. The zero-order valence-electron chi connectivity index (χ0n) is 10.9. The maximum Gasteiger partial charge on any atom is 0.137 e. The van der Waals surface area contributed by atoms with E-state index in [1.807, 2.05) is 6.26 Å². The van der Waals surface area contributed by atoms with Crippen LogP contribution in [0.5, 0.6) is 0 Å². The fourth-order valence-corrected chi connectivity index (χ4v) is 2.53. The summed E-state index contributed by atoms with van der Waals surface area (Å²) in [6, 6.07) is 4.36. The molecular formula is C13H16FN3OS. The topological polar surface area (TPSA) is 58.0 Å². The number of fused-ring (bicyclic) bond motifs is 1. The first-order chi connectivity index (χ1) is 9.02. The number of halogens is 1. The standard InChI is InChI=1S/C13H16FN3OS/c1-13(18,7-19-2)6-15-12-10-5-9(14)3-4-11(10)16-8-17-12/h3-5,8,18H,6-7H2,1-2H3,(H,15,16,17)/t13-/m0/s1. The third-order valence-electron chi connectivity index (χ3n) is 2.69. The minimum Gasteiger partial charge on any atom is -0.387 e. The van der Waals surface area contributed by atoms with Crippen LogP contribution in [0.2, 0.25) is 0 Å². The first-order valence-corrected chi connectivity index (χ1v) is 7.27. The second-order valence-corrected chi connectivity index (χ2v) is 5.53. The molecule has 0 aliphatic rings. The molecule has 0 radical (unpaired) electrons. The summed E-state index contributed by atoms with van der Waals surface area (Å²) in [5.41, 5.74) is -0.173. The summed E-state index contributed by atoms with van der Waals surface area (Å²) in [5, 5.41) is 13.8. The minimum atomic E-state index is -0.843. The summed E-state index contributed by atoms with van der Waals surface area (Å²) in [4.78, 5) is 8.18. The number of hydrogen-bond acceptors (Lipinski definition) is 5. The third-order valence-corrected chi connectivity index (χ3v) is 3.60. The summed E-state index contributed by atoms with van der Waals surface area (Å²) >= 11 is 1.57. The van der Waals surface area contributed by atoms with Gasteiger partial charge in [-0.25, -0.2) is 14.4 Å². The van der Waals surface area contributed by atoms with E-state index in [-0.39, 0.29) is 5.82 Å². The zero-order chi connectivity index (χ0) is 13.9. The predicted octanol–water partition coefficient (Wildman–Crippen LogP) is 2.29. The number of rotatable bonds is 5. The maximum atomic E-state index is 13.3. The summed E-state index contributed by atoms with van der Waals surface area (Å²) in [6.07, 6.45) is 3.36. The van der Waals surface area contributed by atoms with Gasteiger partial charge in [0.1, 0.15) is 18.0 Å². The van der Waals surface area contributed by atoms with Crippen molar-refractivity contribution < 1.29 is 9.50 Å². The molecule has 0 amide bonds. The molecule has 2 aromatic rings. The number of thioether (sulfide) groups is 1. The highest BCUT2D eigenvalue weighted by molar-refractivity contribution is 7.98. The molecule has 0 aliphatic heterocycles. The maximum absolute atomic E-state index is 13.3. The number of nitrogens with zero attached hydrogens (tertiary/aromatic N) is 2. The van der Waals surface area contributed by atoms with E-state index < -0.39 is 5.60 Å². The van der Waals surface area contributed by atoms with Crippen molar-refractivity contribution in [1.29, 1.82) is 0 Å². The fourth-order valence-electron chi connectivity index (χ4n) is 1.81. The SMILES string of the molecule is CSC[C@@](C)(O)CNc1ncnc2ccc(F)cc12. The molecule has 1 heterocycles. The Bertz CT molecular complexity index is 577. The molecule has 6 heteroatoms. The average Bonchev–Trinajstić information content (AvgIpc) is 2.36. The summed E-state index contributed by atoms with van der Waals surface area (Å²) in [7, 11) is 0. The second-order valence-electron chi connectivity index (χ2n) is 4.67. The molecule has 0 saturated carbocycles. The Hall–Kier alpha value is -1.40. The van der Waals surface area contributed by atoms with Crippen LogP contribution in [0.25, 0.3) is 10.9 Å². The molecule has 0 saturated heterocycles. The average molecular weight is 281 g/mol. The van der Waals surface area contributed by atoms with Crippen LogP contribution in [0, 0.1) is 5.82 Å². The largest absolute Gasteiger partial charge is 0.387 e. The molecule has 0 fully saturated rings. The van der Waals surface area contributed by atoms with Crippen LogP contribution in [0.15, 0.2) is 24.5 Å². The lowest BCUT2D eigenvalue weighted by atomic mass is 10.1. The second kappa shape index (κ2) is 5.71. The Balaban J connectivity index is 2.23. The molecule has 4 nitrogen and oxygen atoms in total. The van der Waals surface area contributed by atoms with Crippen LogP contribution >= 0.6 is 11.8 Å². The minimum absolute atomic E-state index is 0.332. The van der Waals surface area contributed by atoms with Gasteiger partial charge in [0.2, 0.25) is 0 Å². The highest BCUT2D eigenvalue weighted by Crippen LogP contribution is 2.21. The van der Waals surface area contributed by atoms with Crippen molar-refractivity contribution in [3.8, 4) is 0 Å². The van der Waals surface area contributed by atoms with Gasteiger partial charge >= 0.3 is 0 Å². The van der Waals surface area contributed by atoms with Gasteiger partial charge in [-0.05, 0) is 31.4 Å². The number of benzene rings is 1. The Morgan fingerprint density at radius 2 is 2.21 bits per heavy atom. The molecule has 2 N–H and O–H groups in total. The molecule has 0 spiro atoms. The first-order valence-electron chi connectivity index (χ1n) is 5.87. The monoisotopic (exact) mass is 281 g/mol. The van der Waals surface area contributed by atoms with Crippen molar-refractivity contribution in [1.82, 2.24) is 9.97 Å². The molecule has 1 atom stereocenters. The summed E-state index contributed by atoms with van der Waals surface area (Å²) < 4.78 is 13.3. The lowest BCUT2D eigenvalue weighted by molar-refractivity contribution is 0.0996. The lowest BCUT2D eigenvalue weighted by Crippen LogP contribution is -2.36. The Morgan fingerprint density at radius 1 is 1.42 bits per heavy atom. The van der Waals surface area contributed by atoms with E-state index in [1.54, 1.807) is 24.8 Å². The zero-order valence-corrected chi connectivity index (χ0v) is 11.7. The number of nitrogens with one attached hydrogen (secondary N) is 1. The van der Waals surface area contributed by atoms with E-state index in [4.69, 9.17) is 0 Å². The first kappa shape index (κ1) is 14.0. The number of aliphatic hydroxyl groups is 1. The lowest BCUT2D eigenvalue weighted by Gasteiger charge is -2.23. The van der Waals surface area contributed by atoms with Crippen molar-refractivity contribution in [2.45, 2.75) is 12.5 Å². The molecule has 19 heavy (non-hydrogen) atoms. The number of hydrogen-bond donors (Lipinski definition) is 2. The van der Waals surface area contributed by atoms with E-state index in [1.165, 1.54) is 18.5 Å². The number of anilines is 1. The van der Waals surface area contributed by atoms with Gasteiger partial charge in [-0.15, -0.1) is 0 Å². The van der Waals surface area contributed by atoms with E-state index >= 15 is 0 Å². The van der Waals surface area contributed by atoms with Crippen LogP contribution < -0.4 is 5.32 Å². The van der Waals surface area contributed by atoms with Gasteiger partial charge in [0.05, 0.1) is 11.1 Å². The van der Waals surface area contributed by atoms with E-state index in [0.29, 0.717) is 29.0 Å². The molecule has 0 unspecified atom stereocenters. The van der Waals surface area contributed by atoms with Crippen LogP contribution in [-0.2, 0) is 0 Å². The van der Waals surface area contributed by atoms with Crippen LogP contribution in [0.3, 0.4) is 0 Å². The molecule has 0 bridgehead atoms. The normalized spacial score (nSPS) is 14.3. The van der Waals surface area contributed by atoms with Gasteiger partial charge in [0.25, 0.3) is 0 Å². The molecule has 1 aromatic carbocycles. The van der Waals surface area contributed by atoms with E-state index in [9.17, 15) is 9.50 Å². The van der Waals surface area contributed by atoms with Crippen molar-refractivity contribution in [3.05, 3.63) is 30.3 Å². The number of aromatic nitrogens is 2. The van der Waals surface area contributed by atoms with Gasteiger partial charge in [-0.2, -0.15) is 11.8 Å². The molecule has 1 aromatic heterocycles. The van der Waals surface area contributed by atoms with Gasteiger partial charge in [-0.1, -0.05) is 0 Å². The van der Waals surface area contributed by atoms with E-state index in [2.05, 4.69) is 15.3 Å². The molecular weight excluding hydrogens is 265 g/mol. The van der Waals surface area contributed by atoms with Crippen LogP contribution in [-0.4, -0.2) is 39.2 Å². The van der Waals surface area contributed by atoms with Gasteiger partial charge in [0.15, 0.2) is 0 Å². The third kappa shape index (κ3) is 3.54. The summed E-state index contributed by atoms with van der Waals surface area (Å²) in [5.74, 6) is 0.810. The van der Waals surface area contributed by atoms with Gasteiger partial charge in [0, 0.05) is 17.7 Å². The van der Waals surface area contributed by atoms with Crippen molar-refractivity contribution >= 4 is 28.5 Å². The molecule has 0 aliphatic carbocycles. The van der Waals surface area contributed by atoms with Crippen LogP contribution in [0.1, 0.15) is 6.92 Å². The van der Waals surface area contributed by atoms with Crippen molar-refractivity contribution in [2.24, 2.45) is 0 Å². The van der Waals surface area contributed by atoms with Crippen molar-refractivity contribution in [3.63, 3.8) is 0 Å². The Labute approximate surface area is 115 Å². The Kier molecular flexibility index (Phi) is 4.21. The Morgan fingerprint density at radius 3 is 2.95 bits per heavy atom. The quantitative estimate of drug-likeness (QED) is 0.880. The van der Waals surface area contributed by atoms with E-state index in [0.717, 1.165) is 0 Å². The highest BCUT2D eigenvalue weighted by Gasteiger charge is 2.19. The predicted molar refractivity (Wildman–Crippen MR) is 77.0 cm³/mol. The van der Waals surface area contributed by atoms with Crippen molar-refractivity contribution in [2.75, 3.05) is 23.9 Å². The van der Waals surface area contributed by atoms with Crippen LogP contribution in [0.4, 0.5) is 10.2 Å². The van der Waals surface area contributed by atoms with Gasteiger partial charge < -0.3 is 10.4 Å². The van der Waals surface area contributed by atoms with Gasteiger partial charge in [-0.3, -0.25) is 0 Å². The molecule has 102 valence electrons. The fraction of sp³-hybridized carbons (Fsp3) is 0.385. The highest BCUT2D eigenvalue weighted by atomic mass is 32.2.